The van der Waals surface area contributed by atoms with E-state index in [4.69, 9.17) is 30.8 Å². The molecular weight excluding hydrogens is 629 g/mol. The Morgan fingerprint density at radius 2 is 1.61 bits per heavy atom. The molecule has 0 unspecified atom stereocenters. The Kier molecular flexibility index (Phi) is 11.8. The first-order chi connectivity index (χ1) is 21.7. The Labute approximate surface area is 282 Å². The molecule has 2 aliphatic rings. The molecule has 5 rings (SSSR count). The van der Waals surface area contributed by atoms with Crippen molar-refractivity contribution in [3.8, 4) is 39.6 Å². The van der Waals surface area contributed by atoms with Crippen LogP contribution in [0.1, 0.15) is 55.4 Å². The molecule has 2 fully saturated rings. The summed E-state index contributed by atoms with van der Waals surface area (Å²) in [5, 5.41) is 14.0. The Hall–Kier alpha value is -3.53. The lowest BCUT2D eigenvalue weighted by Crippen LogP contribution is -2.66. The summed E-state index contributed by atoms with van der Waals surface area (Å²) in [6.45, 7) is 1.34. The fourth-order valence-electron chi connectivity index (χ4n) is 7.06. The molecule has 1 aromatic heterocycles. The number of carboxylic acid groups (broad SMARTS) is 1. The summed E-state index contributed by atoms with van der Waals surface area (Å²) >= 11 is 6.54. The minimum atomic E-state index is -1.30. The number of nitrogens with one attached hydrogen (secondary N) is 1. The molecule has 0 atom stereocenters. The first-order valence-corrected chi connectivity index (χ1v) is 15.9. The fraction of sp³-hybridized carbons (Fsp3) is 0.457. The number of carboxylic acids is 1. The number of nitrogens with zero attached hydrogens (tertiary/aromatic N) is 2. The standard InChI is InChI=1S/C35H42ClN3O6.ClH/c1-39(2)19-8-20-45-30-21-22(15-17-26(30)36)32-25(31-28(43-3)13-7-14-29(31)44-4)16-18-27(37-32)33(40)38-35(34(41)42)23-9-5-10-24(35)12-6-11-23;/h7,13-18,21,23-24H,5-6,8-12,19-20H2,1-4H3,(H,38,40)(H,41,42);1H. The smallest absolute Gasteiger partial charge is 0.330 e. The second-order valence-electron chi connectivity index (χ2n) is 12.2. The Morgan fingerprint density at radius 1 is 0.978 bits per heavy atom. The molecule has 0 spiro atoms. The van der Waals surface area contributed by atoms with Crippen LogP contribution in [-0.2, 0) is 4.79 Å². The van der Waals surface area contributed by atoms with Crippen molar-refractivity contribution in [2.24, 2.45) is 11.8 Å². The highest BCUT2D eigenvalue weighted by molar-refractivity contribution is 6.32. The number of halogens is 2. The van der Waals surface area contributed by atoms with E-state index in [1.54, 1.807) is 32.4 Å². The molecule has 0 saturated heterocycles. The molecular formula is C35H43Cl2N3O6. The lowest BCUT2D eigenvalue weighted by atomic mass is 9.59. The molecule has 2 bridgehead atoms. The lowest BCUT2D eigenvalue weighted by molar-refractivity contribution is -0.154. The maximum absolute atomic E-state index is 13.9. The maximum atomic E-state index is 13.9. The molecule has 2 N–H and O–H groups in total. The van der Waals surface area contributed by atoms with Gasteiger partial charge >= 0.3 is 5.97 Å². The number of ether oxygens (including phenoxy) is 3. The predicted molar refractivity (Wildman–Crippen MR) is 182 cm³/mol. The summed E-state index contributed by atoms with van der Waals surface area (Å²) in [5.74, 6) is -0.0349. The van der Waals surface area contributed by atoms with E-state index in [0.717, 1.165) is 51.5 Å². The number of methoxy groups -OCH3 is 2. The molecule has 3 aromatic rings. The van der Waals surface area contributed by atoms with Crippen LogP contribution in [0.15, 0.2) is 48.5 Å². The van der Waals surface area contributed by atoms with Crippen LogP contribution in [0.2, 0.25) is 5.02 Å². The number of hydrogen-bond donors (Lipinski definition) is 2. The van der Waals surface area contributed by atoms with Crippen molar-refractivity contribution in [1.82, 2.24) is 15.2 Å². The van der Waals surface area contributed by atoms with Gasteiger partial charge < -0.3 is 29.5 Å². The van der Waals surface area contributed by atoms with Crippen LogP contribution < -0.4 is 19.5 Å². The average molecular weight is 673 g/mol. The van der Waals surface area contributed by atoms with Crippen molar-refractivity contribution in [2.75, 3.05) is 41.5 Å². The van der Waals surface area contributed by atoms with E-state index >= 15 is 0 Å². The van der Waals surface area contributed by atoms with Crippen LogP contribution >= 0.6 is 24.0 Å². The van der Waals surface area contributed by atoms with E-state index in [0.29, 0.717) is 51.3 Å². The fourth-order valence-corrected chi connectivity index (χ4v) is 7.23. The Morgan fingerprint density at radius 3 is 2.17 bits per heavy atom. The van der Waals surface area contributed by atoms with Crippen molar-refractivity contribution >= 4 is 35.9 Å². The quantitative estimate of drug-likeness (QED) is 0.198. The predicted octanol–water partition coefficient (Wildman–Crippen LogP) is 6.99. The first kappa shape index (κ1) is 35.3. The van der Waals surface area contributed by atoms with E-state index in [2.05, 4.69) is 10.2 Å². The molecule has 248 valence electrons. The molecule has 1 heterocycles. The number of aliphatic carboxylic acids is 1. The zero-order valence-corrected chi connectivity index (χ0v) is 28.4. The number of rotatable bonds is 12. The number of amides is 1. The third-order valence-corrected chi connectivity index (χ3v) is 9.52. The van der Waals surface area contributed by atoms with Crippen molar-refractivity contribution in [3.63, 3.8) is 0 Å². The van der Waals surface area contributed by atoms with Gasteiger partial charge in [-0.05, 0) is 94.4 Å². The van der Waals surface area contributed by atoms with Crippen molar-refractivity contribution < 1.29 is 28.9 Å². The van der Waals surface area contributed by atoms with Gasteiger partial charge in [-0.2, -0.15) is 0 Å². The van der Waals surface area contributed by atoms with Gasteiger partial charge in [-0.15, -0.1) is 12.4 Å². The number of aromatic nitrogens is 1. The number of carbonyl (C=O) groups excluding carboxylic acids is 1. The number of hydrogen-bond acceptors (Lipinski definition) is 7. The highest BCUT2D eigenvalue weighted by Crippen LogP contribution is 2.48. The third kappa shape index (κ3) is 7.06. The van der Waals surface area contributed by atoms with Crippen LogP contribution in [-0.4, -0.2) is 73.9 Å². The van der Waals surface area contributed by atoms with Gasteiger partial charge in [0.05, 0.1) is 37.1 Å². The summed E-state index contributed by atoms with van der Waals surface area (Å²) in [5.41, 5.74) is 1.31. The summed E-state index contributed by atoms with van der Waals surface area (Å²) in [4.78, 5) is 33.8. The van der Waals surface area contributed by atoms with Crippen LogP contribution in [0.3, 0.4) is 0 Å². The number of fused-ring (bicyclic) bond motifs is 2. The zero-order valence-electron chi connectivity index (χ0n) is 26.8. The van der Waals surface area contributed by atoms with Crippen molar-refractivity contribution in [3.05, 3.63) is 59.2 Å². The van der Waals surface area contributed by atoms with Crippen molar-refractivity contribution in [1.29, 1.82) is 0 Å². The molecule has 46 heavy (non-hydrogen) atoms. The van der Waals surface area contributed by atoms with E-state index in [1.165, 1.54) is 0 Å². The summed E-state index contributed by atoms with van der Waals surface area (Å²) in [7, 11) is 7.19. The Balaban J connectivity index is 0.00000480. The highest BCUT2D eigenvalue weighted by Gasteiger charge is 2.56. The van der Waals surface area contributed by atoms with Gasteiger partial charge in [-0.1, -0.05) is 36.6 Å². The normalized spacial score (nSPS) is 20.4. The van der Waals surface area contributed by atoms with Gasteiger partial charge in [-0.25, -0.2) is 9.78 Å². The van der Waals surface area contributed by atoms with E-state index < -0.39 is 17.4 Å². The molecule has 2 aliphatic carbocycles. The monoisotopic (exact) mass is 671 g/mol. The topological polar surface area (TPSA) is 110 Å². The molecule has 1 amide bonds. The van der Waals surface area contributed by atoms with Crippen molar-refractivity contribution in [2.45, 2.75) is 50.5 Å². The summed E-state index contributed by atoms with van der Waals surface area (Å²) in [6.07, 6.45) is 5.93. The largest absolute Gasteiger partial charge is 0.496 e. The SMILES string of the molecule is COc1cccc(OC)c1-c1ccc(C(=O)NC2(C(=O)O)C3CCCC2CCC3)nc1-c1ccc(Cl)c(OCCCN(C)C)c1.Cl. The van der Waals surface area contributed by atoms with Crippen LogP contribution in [0.25, 0.3) is 22.4 Å². The van der Waals surface area contributed by atoms with Crippen LogP contribution in [0, 0.1) is 11.8 Å². The van der Waals surface area contributed by atoms with Gasteiger partial charge in [0.25, 0.3) is 5.91 Å². The first-order valence-electron chi connectivity index (χ1n) is 15.5. The molecule has 0 radical (unpaired) electrons. The van der Waals surface area contributed by atoms with Gasteiger partial charge in [0.15, 0.2) is 0 Å². The molecule has 0 aliphatic heterocycles. The second kappa shape index (κ2) is 15.4. The van der Waals surface area contributed by atoms with Gasteiger partial charge in [0.1, 0.15) is 28.5 Å². The van der Waals surface area contributed by atoms with Crippen LogP contribution in [0.4, 0.5) is 0 Å². The molecule has 9 nitrogen and oxygen atoms in total. The third-order valence-electron chi connectivity index (χ3n) is 9.21. The minimum absolute atomic E-state index is 0. The van der Waals surface area contributed by atoms with Crippen LogP contribution in [0.5, 0.6) is 17.2 Å². The molecule has 2 saturated carbocycles. The van der Waals surface area contributed by atoms with Gasteiger partial charge in [-0.3, -0.25) is 4.79 Å². The van der Waals surface area contributed by atoms with Gasteiger partial charge in [0, 0.05) is 17.7 Å². The second-order valence-corrected chi connectivity index (χ2v) is 12.6. The van der Waals surface area contributed by atoms with E-state index in [1.807, 2.05) is 44.4 Å². The maximum Gasteiger partial charge on any atom is 0.330 e. The number of carbonyl (C=O) groups is 2. The summed E-state index contributed by atoms with van der Waals surface area (Å²) in [6, 6.07) is 14.3. The summed E-state index contributed by atoms with van der Waals surface area (Å²) < 4.78 is 17.5. The highest BCUT2D eigenvalue weighted by atomic mass is 35.5. The van der Waals surface area contributed by atoms with Gasteiger partial charge in [0.2, 0.25) is 0 Å². The Bertz CT molecular complexity index is 1500. The average Bonchev–Trinajstić information content (AvgIpc) is 3.02. The number of pyridine rings is 1. The molecule has 11 heteroatoms. The number of benzene rings is 2. The minimum Gasteiger partial charge on any atom is -0.496 e. The van der Waals surface area contributed by atoms with E-state index in [-0.39, 0.29) is 29.9 Å². The zero-order chi connectivity index (χ0) is 32.1. The van der Waals surface area contributed by atoms with E-state index in [9.17, 15) is 14.7 Å². The molecule has 2 aromatic carbocycles. The lowest BCUT2D eigenvalue weighted by Gasteiger charge is -2.50.